The summed E-state index contributed by atoms with van der Waals surface area (Å²) in [5.41, 5.74) is 1.49. The second-order valence-corrected chi connectivity index (χ2v) is 6.37. The highest BCUT2D eigenvalue weighted by Crippen LogP contribution is 2.20. The number of carbonyl (C=O) groups is 1. The summed E-state index contributed by atoms with van der Waals surface area (Å²) in [7, 11) is 0. The van der Waals surface area contributed by atoms with E-state index in [9.17, 15) is 14.7 Å². The van der Waals surface area contributed by atoms with Crippen molar-refractivity contribution in [2.75, 3.05) is 0 Å². The monoisotopic (exact) mass is 384 g/mol. The second-order valence-electron chi connectivity index (χ2n) is 6.37. The number of phenolic OH excluding ortho intramolecular Hbond substituents is 1. The first kappa shape index (κ1) is 18.2. The zero-order valence-electron chi connectivity index (χ0n) is 15.2. The third kappa shape index (κ3) is 3.51. The van der Waals surface area contributed by atoms with E-state index in [1.54, 1.807) is 72.8 Å². The Hall–Kier alpha value is -4.19. The summed E-state index contributed by atoms with van der Waals surface area (Å²) in [4.78, 5) is 28.9. The van der Waals surface area contributed by atoms with Gasteiger partial charge in [-0.3, -0.25) is 9.36 Å². The lowest BCUT2D eigenvalue weighted by molar-refractivity contribution is 0.0697. The molecule has 2 N–H and O–H groups in total. The van der Waals surface area contributed by atoms with Crippen molar-refractivity contribution in [2.24, 2.45) is 0 Å². The maximum atomic E-state index is 13.2. The molecule has 0 fully saturated rings. The predicted octanol–water partition coefficient (Wildman–Crippen LogP) is 3.96. The molecule has 0 radical (unpaired) electrons. The molecule has 0 spiro atoms. The summed E-state index contributed by atoms with van der Waals surface area (Å²) in [6.07, 6.45) is 3.32. The van der Waals surface area contributed by atoms with Gasteiger partial charge in [-0.25, -0.2) is 9.78 Å². The molecule has 29 heavy (non-hydrogen) atoms. The number of para-hydroxylation sites is 2. The molecule has 0 aliphatic rings. The number of hydrogen-bond acceptors (Lipinski definition) is 4. The average molecular weight is 384 g/mol. The number of carboxylic acid groups (broad SMARTS) is 1. The van der Waals surface area contributed by atoms with Gasteiger partial charge < -0.3 is 10.2 Å². The maximum absolute atomic E-state index is 13.2. The lowest BCUT2D eigenvalue weighted by Gasteiger charge is -2.12. The Bertz CT molecular complexity index is 1300. The molecular formula is C23H16N2O4. The Balaban J connectivity index is 1.92. The smallest absolute Gasteiger partial charge is 0.335 e. The molecule has 0 aliphatic heterocycles. The van der Waals surface area contributed by atoms with Gasteiger partial charge in [0.05, 0.1) is 22.2 Å². The van der Waals surface area contributed by atoms with Gasteiger partial charge in [-0.05, 0) is 54.6 Å². The van der Waals surface area contributed by atoms with E-state index < -0.39 is 5.97 Å². The molecule has 4 aromatic rings. The summed E-state index contributed by atoms with van der Waals surface area (Å²) in [5, 5.41) is 19.6. The van der Waals surface area contributed by atoms with Crippen molar-refractivity contribution in [3.63, 3.8) is 0 Å². The van der Waals surface area contributed by atoms with Crippen LogP contribution < -0.4 is 5.56 Å². The van der Waals surface area contributed by atoms with Gasteiger partial charge in [0.25, 0.3) is 5.56 Å². The number of phenols is 1. The molecule has 0 aliphatic carbocycles. The van der Waals surface area contributed by atoms with E-state index in [2.05, 4.69) is 4.98 Å². The number of rotatable bonds is 4. The van der Waals surface area contributed by atoms with E-state index >= 15 is 0 Å². The van der Waals surface area contributed by atoms with Crippen LogP contribution >= 0.6 is 0 Å². The largest absolute Gasteiger partial charge is 0.507 e. The number of hydrogen-bond donors (Lipinski definition) is 2. The molecule has 142 valence electrons. The van der Waals surface area contributed by atoms with E-state index in [1.165, 1.54) is 16.7 Å². The quantitative estimate of drug-likeness (QED) is 0.556. The lowest BCUT2D eigenvalue weighted by Crippen LogP contribution is -2.22. The third-order valence-corrected chi connectivity index (χ3v) is 4.52. The van der Waals surface area contributed by atoms with Gasteiger partial charge in [0.15, 0.2) is 0 Å². The Morgan fingerprint density at radius 1 is 0.897 bits per heavy atom. The van der Waals surface area contributed by atoms with Crippen LogP contribution in [-0.4, -0.2) is 25.7 Å². The SMILES string of the molecule is O=C(O)c1ccc(-n2c(/C=C\c3ccccc3O)nc3ccccc3c2=O)cc1. The molecule has 0 bridgehead atoms. The minimum Gasteiger partial charge on any atom is -0.507 e. The lowest BCUT2D eigenvalue weighted by atomic mass is 10.1. The van der Waals surface area contributed by atoms with Crippen molar-refractivity contribution < 1.29 is 15.0 Å². The molecule has 1 heterocycles. The number of benzene rings is 3. The van der Waals surface area contributed by atoms with Gasteiger partial charge in [0.1, 0.15) is 11.6 Å². The Kier molecular flexibility index (Phi) is 4.66. The van der Waals surface area contributed by atoms with Crippen LogP contribution in [0, 0.1) is 0 Å². The molecule has 3 aromatic carbocycles. The van der Waals surface area contributed by atoms with Crippen molar-refractivity contribution in [3.05, 3.63) is 100 Å². The summed E-state index contributed by atoms with van der Waals surface area (Å²) >= 11 is 0. The zero-order valence-corrected chi connectivity index (χ0v) is 15.2. The number of aromatic hydroxyl groups is 1. The number of nitrogens with zero attached hydrogens (tertiary/aromatic N) is 2. The number of fused-ring (bicyclic) bond motifs is 1. The zero-order chi connectivity index (χ0) is 20.4. The topological polar surface area (TPSA) is 92.4 Å². The molecule has 0 saturated heterocycles. The predicted molar refractivity (Wildman–Crippen MR) is 111 cm³/mol. The fourth-order valence-corrected chi connectivity index (χ4v) is 3.06. The molecule has 4 rings (SSSR count). The summed E-state index contributed by atoms with van der Waals surface area (Å²) < 4.78 is 1.42. The van der Waals surface area contributed by atoms with Crippen molar-refractivity contribution in [1.29, 1.82) is 0 Å². The first-order valence-corrected chi connectivity index (χ1v) is 8.86. The third-order valence-electron chi connectivity index (χ3n) is 4.52. The van der Waals surface area contributed by atoms with Crippen LogP contribution in [0.5, 0.6) is 5.75 Å². The van der Waals surface area contributed by atoms with Gasteiger partial charge in [-0.2, -0.15) is 0 Å². The van der Waals surface area contributed by atoms with Crippen LogP contribution in [0.2, 0.25) is 0 Å². The van der Waals surface area contributed by atoms with E-state index in [0.29, 0.717) is 28.0 Å². The van der Waals surface area contributed by atoms with Gasteiger partial charge in [0, 0.05) is 5.56 Å². The van der Waals surface area contributed by atoms with Crippen molar-refractivity contribution in [3.8, 4) is 11.4 Å². The molecule has 6 nitrogen and oxygen atoms in total. The van der Waals surface area contributed by atoms with Crippen LogP contribution in [0.25, 0.3) is 28.7 Å². The van der Waals surface area contributed by atoms with Crippen molar-refractivity contribution in [2.45, 2.75) is 0 Å². The highest BCUT2D eigenvalue weighted by atomic mass is 16.4. The normalized spacial score (nSPS) is 11.2. The fourth-order valence-electron chi connectivity index (χ4n) is 3.06. The van der Waals surface area contributed by atoms with E-state index in [1.807, 2.05) is 0 Å². The van der Waals surface area contributed by atoms with Crippen LogP contribution in [0.15, 0.2) is 77.6 Å². The summed E-state index contributed by atoms with van der Waals surface area (Å²) in [5.74, 6) is -0.565. The van der Waals surface area contributed by atoms with Gasteiger partial charge >= 0.3 is 5.97 Å². The van der Waals surface area contributed by atoms with Crippen molar-refractivity contribution in [1.82, 2.24) is 9.55 Å². The second kappa shape index (κ2) is 7.44. The standard InChI is InChI=1S/C23H16N2O4/c26-20-8-4-1-5-15(20)11-14-21-24-19-7-3-2-6-18(19)22(27)25(21)17-12-9-16(10-13-17)23(28)29/h1-14,26H,(H,28,29)/b14-11-. The summed E-state index contributed by atoms with van der Waals surface area (Å²) in [6, 6.07) is 19.9. The Morgan fingerprint density at radius 3 is 2.31 bits per heavy atom. The molecule has 0 amide bonds. The minimum absolute atomic E-state index is 0.115. The van der Waals surface area contributed by atoms with Crippen molar-refractivity contribution >= 4 is 29.0 Å². The Labute approximate surface area is 165 Å². The highest BCUT2D eigenvalue weighted by molar-refractivity contribution is 5.88. The highest BCUT2D eigenvalue weighted by Gasteiger charge is 2.12. The molecule has 6 heteroatoms. The minimum atomic E-state index is -1.04. The van der Waals surface area contributed by atoms with E-state index in [0.717, 1.165) is 0 Å². The number of aromatic carboxylic acids is 1. The van der Waals surface area contributed by atoms with Gasteiger partial charge in [-0.1, -0.05) is 30.3 Å². The fraction of sp³-hybridized carbons (Fsp3) is 0. The van der Waals surface area contributed by atoms with Crippen LogP contribution in [-0.2, 0) is 0 Å². The van der Waals surface area contributed by atoms with Gasteiger partial charge in [0.2, 0.25) is 0 Å². The summed E-state index contributed by atoms with van der Waals surface area (Å²) in [6.45, 7) is 0. The Morgan fingerprint density at radius 2 is 1.59 bits per heavy atom. The van der Waals surface area contributed by atoms with Crippen LogP contribution in [0.3, 0.4) is 0 Å². The van der Waals surface area contributed by atoms with E-state index in [4.69, 9.17) is 5.11 Å². The molecule has 0 unspecified atom stereocenters. The molecule has 0 saturated carbocycles. The number of carboxylic acids is 1. The first-order chi connectivity index (χ1) is 14.0. The molecule has 1 aromatic heterocycles. The van der Waals surface area contributed by atoms with E-state index in [-0.39, 0.29) is 16.9 Å². The average Bonchev–Trinajstić information content (AvgIpc) is 2.73. The molecular weight excluding hydrogens is 368 g/mol. The van der Waals surface area contributed by atoms with Crippen LogP contribution in [0.1, 0.15) is 21.7 Å². The maximum Gasteiger partial charge on any atom is 0.335 e. The number of aromatic nitrogens is 2. The first-order valence-electron chi connectivity index (χ1n) is 8.86. The molecule has 0 atom stereocenters. The van der Waals surface area contributed by atoms with Gasteiger partial charge in [-0.15, -0.1) is 0 Å². The van der Waals surface area contributed by atoms with Crippen LogP contribution in [0.4, 0.5) is 0 Å².